The molecule has 0 radical (unpaired) electrons. The predicted molar refractivity (Wildman–Crippen MR) is 132 cm³/mol. The molecule has 170 valence electrons. The maximum Gasteiger partial charge on any atom is 0.312 e. The lowest BCUT2D eigenvalue weighted by Crippen LogP contribution is -2.61. The van der Waals surface area contributed by atoms with Crippen molar-refractivity contribution in [2.75, 3.05) is 25.1 Å². The van der Waals surface area contributed by atoms with E-state index < -0.39 is 0 Å². The molecule has 1 saturated heterocycles. The van der Waals surface area contributed by atoms with Crippen molar-refractivity contribution in [1.29, 1.82) is 0 Å². The van der Waals surface area contributed by atoms with Crippen LogP contribution in [0.15, 0.2) is 47.6 Å². The summed E-state index contributed by atoms with van der Waals surface area (Å²) in [5.74, 6) is -0.216. The quantitative estimate of drug-likeness (QED) is 0.499. The molecule has 4 rings (SSSR count). The molecule has 0 aliphatic carbocycles. The van der Waals surface area contributed by atoms with E-state index in [-0.39, 0.29) is 17.9 Å². The molecule has 2 aromatic rings. The summed E-state index contributed by atoms with van der Waals surface area (Å²) >= 11 is 18.8. The molecule has 5 nitrogen and oxygen atoms in total. The van der Waals surface area contributed by atoms with Crippen LogP contribution in [0.5, 0.6) is 0 Å². The number of amides is 1. The number of nitrogens with one attached hydrogen (secondary N) is 1. The van der Waals surface area contributed by atoms with Crippen LogP contribution < -0.4 is 10.4 Å². The van der Waals surface area contributed by atoms with Crippen molar-refractivity contribution in [2.24, 2.45) is 11.0 Å². The molecule has 1 fully saturated rings. The van der Waals surface area contributed by atoms with Crippen LogP contribution in [0.4, 0.5) is 5.69 Å². The van der Waals surface area contributed by atoms with Crippen molar-refractivity contribution < 1.29 is 9.39 Å². The highest BCUT2D eigenvalue weighted by Gasteiger charge is 2.43. The molecule has 2 atom stereocenters. The number of rotatable bonds is 5. The van der Waals surface area contributed by atoms with Gasteiger partial charge in [-0.2, -0.15) is 10.5 Å². The number of carbonyl (C=O) groups is 1. The first-order chi connectivity index (χ1) is 15.3. The number of halogens is 3. The van der Waals surface area contributed by atoms with Gasteiger partial charge in [0.25, 0.3) is 0 Å². The Bertz CT molecular complexity index is 1020. The molecule has 0 aromatic heterocycles. The summed E-state index contributed by atoms with van der Waals surface area (Å²) in [7, 11) is 2.08. The smallest absolute Gasteiger partial charge is 0.263 e. The van der Waals surface area contributed by atoms with Crippen LogP contribution in [0.3, 0.4) is 0 Å². The molecule has 0 saturated carbocycles. The Hall–Kier alpha value is -1.79. The van der Waals surface area contributed by atoms with Gasteiger partial charge in [0, 0.05) is 16.0 Å². The minimum absolute atomic E-state index is 0.0979. The Morgan fingerprint density at radius 2 is 1.72 bits per heavy atom. The van der Waals surface area contributed by atoms with Crippen molar-refractivity contribution in [3.63, 3.8) is 0 Å². The van der Waals surface area contributed by atoms with Gasteiger partial charge in [-0.1, -0.05) is 53.9 Å². The van der Waals surface area contributed by atoms with Gasteiger partial charge in [0.15, 0.2) is 0 Å². The molecule has 2 aromatic carbocycles. The van der Waals surface area contributed by atoms with Crippen LogP contribution in [-0.2, 0) is 4.79 Å². The van der Waals surface area contributed by atoms with Crippen LogP contribution in [0.2, 0.25) is 15.1 Å². The van der Waals surface area contributed by atoms with E-state index in [0.29, 0.717) is 25.4 Å². The monoisotopic (exact) mass is 493 g/mol. The lowest BCUT2D eigenvalue weighted by atomic mass is 9.87. The van der Waals surface area contributed by atoms with Crippen LogP contribution >= 0.6 is 34.8 Å². The zero-order valence-electron chi connectivity index (χ0n) is 18.3. The molecule has 1 amide bonds. The summed E-state index contributed by atoms with van der Waals surface area (Å²) in [4.78, 5) is 13.5. The van der Waals surface area contributed by atoms with Gasteiger partial charge in [0.05, 0.1) is 23.8 Å². The Kier molecular flexibility index (Phi) is 7.01. The average Bonchev–Trinajstić information content (AvgIpc) is 3.14. The number of nitrogens with zero attached hydrogens (tertiary/aromatic N) is 3. The number of hydrogen-bond acceptors (Lipinski definition) is 3. The molecule has 1 N–H and O–H groups in total. The van der Waals surface area contributed by atoms with E-state index in [1.54, 1.807) is 12.1 Å². The predicted octanol–water partition coefficient (Wildman–Crippen LogP) is 6.25. The number of likely N-dealkylation sites (tertiary alicyclic amines) is 1. The van der Waals surface area contributed by atoms with Gasteiger partial charge < -0.3 is 0 Å². The summed E-state index contributed by atoms with van der Waals surface area (Å²) in [5.41, 5.74) is 5.52. The topological polar surface area (TPSA) is 44.7 Å². The first-order valence-electron chi connectivity index (χ1n) is 11.1. The highest BCUT2D eigenvalue weighted by Crippen LogP contribution is 2.43. The molecule has 2 aliphatic rings. The summed E-state index contributed by atoms with van der Waals surface area (Å²) in [5, 5.41) is 8.42. The second kappa shape index (κ2) is 9.60. The highest BCUT2D eigenvalue weighted by molar-refractivity contribution is 6.40. The number of quaternary nitrogens is 1. The minimum atomic E-state index is -0.177. The lowest BCUT2D eigenvalue weighted by Gasteiger charge is -2.36. The zero-order chi connectivity index (χ0) is 22.9. The summed E-state index contributed by atoms with van der Waals surface area (Å²) in [6.45, 7) is 3.95. The molecule has 32 heavy (non-hydrogen) atoms. The fraction of sp³-hybridized carbons (Fsp3) is 0.417. The van der Waals surface area contributed by atoms with Crippen molar-refractivity contribution in [2.45, 2.75) is 38.6 Å². The average molecular weight is 495 g/mol. The van der Waals surface area contributed by atoms with E-state index >= 15 is 0 Å². The fourth-order valence-electron chi connectivity index (χ4n) is 4.73. The van der Waals surface area contributed by atoms with Gasteiger partial charge in [-0.05, 0) is 61.6 Å². The van der Waals surface area contributed by atoms with Gasteiger partial charge in [0.2, 0.25) is 0 Å². The molecule has 0 unspecified atom stereocenters. The normalized spacial score (nSPS) is 22.5. The van der Waals surface area contributed by atoms with Gasteiger partial charge in [-0.15, -0.1) is 0 Å². The van der Waals surface area contributed by atoms with Crippen LogP contribution in [0.1, 0.15) is 44.2 Å². The number of piperidine rings is 1. The lowest BCUT2D eigenvalue weighted by molar-refractivity contribution is -0.947. The van der Waals surface area contributed by atoms with Crippen molar-refractivity contribution >= 4 is 52.1 Å². The number of carbonyl (C=O) groups excluding carboxylic acids is 1. The van der Waals surface area contributed by atoms with Gasteiger partial charge in [-0.3, -0.25) is 9.80 Å². The van der Waals surface area contributed by atoms with Crippen molar-refractivity contribution in [3.05, 3.63) is 63.1 Å². The largest absolute Gasteiger partial charge is 0.312 e. The van der Waals surface area contributed by atoms with Crippen LogP contribution in [-0.4, -0.2) is 36.3 Å². The molecule has 2 heterocycles. The Balaban J connectivity index is 1.73. The molecular weight excluding hydrogens is 467 g/mol. The van der Waals surface area contributed by atoms with E-state index in [1.807, 2.05) is 35.3 Å². The SMILES string of the molecule is CC[C@H]1C(C(=O)N[N+]2(C)CCCCC2)=NN(c2ccc(Cl)cc2Cl)[C@H]1c1ccc(Cl)cc1. The third kappa shape index (κ3) is 4.76. The highest BCUT2D eigenvalue weighted by atomic mass is 35.5. The van der Waals surface area contributed by atoms with Crippen LogP contribution in [0, 0.1) is 5.92 Å². The number of anilines is 1. The third-order valence-electron chi connectivity index (χ3n) is 6.43. The molecule has 0 bridgehead atoms. The zero-order valence-corrected chi connectivity index (χ0v) is 20.6. The maximum absolute atomic E-state index is 13.5. The minimum Gasteiger partial charge on any atom is -0.263 e. The first kappa shape index (κ1) is 23.4. The van der Waals surface area contributed by atoms with E-state index in [9.17, 15) is 4.79 Å². The number of hydrazone groups is 1. The summed E-state index contributed by atoms with van der Waals surface area (Å²) in [6.07, 6.45) is 4.19. The van der Waals surface area contributed by atoms with E-state index in [2.05, 4.69) is 19.4 Å². The first-order valence-corrected chi connectivity index (χ1v) is 12.2. The Morgan fingerprint density at radius 1 is 1.06 bits per heavy atom. The van der Waals surface area contributed by atoms with Crippen molar-refractivity contribution in [1.82, 2.24) is 5.43 Å². The Morgan fingerprint density at radius 3 is 2.34 bits per heavy atom. The van der Waals surface area contributed by atoms with Gasteiger partial charge in [0.1, 0.15) is 18.8 Å². The second-order valence-corrected chi connectivity index (χ2v) is 10.1. The van der Waals surface area contributed by atoms with E-state index in [4.69, 9.17) is 39.9 Å². The second-order valence-electron chi connectivity index (χ2n) is 8.78. The summed E-state index contributed by atoms with van der Waals surface area (Å²) < 4.78 is 0.543. The maximum atomic E-state index is 13.5. The van der Waals surface area contributed by atoms with Gasteiger partial charge in [-0.25, -0.2) is 4.59 Å². The van der Waals surface area contributed by atoms with Gasteiger partial charge >= 0.3 is 5.91 Å². The number of benzene rings is 2. The Labute approximate surface area is 204 Å². The third-order valence-corrected chi connectivity index (χ3v) is 7.22. The van der Waals surface area contributed by atoms with Crippen molar-refractivity contribution in [3.8, 4) is 0 Å². The molecule has 0 spiro atoms. The van der Waals surface area contributed by atoms with Crippen LogP contribution in [0.25, 0.3) is 0 Å². The molecule has 2 aliphatic heterocycles. The molecule has 8 heteroatoms. The fourth-order valence-corrected chi connectivity index (χ4v) is 5.35. The van der Waals surface area contributed by atoms with E-state index in [0.717, 1.165) is 43.6 Å². The summed E-state index contributed by atoms with van der Waals surface area (Å²) in [6, 6.07) is 12.9. The molecular formula is C24H28Cl3N4O+. The number of hydrogen-bond donors (Lipinski definition) is 1. The standard InChI is InChI=1S/C24H27Cl3N4O/c1-3-19-22(24(32)29-31(2)13-5-4-6-14-31)28-30(21-12-11-18(26)15-20(21)27)23(19)16-7-9-17(25)10-8-16/h7-12,15,19,23H,3-6,13-14H2,1-2H3/p+1/t19-,23-/m0/s1. The van der Waals surface area contributed by atoms with E-state index in [1.165, 1.54) is 6.42 Å².